The molecule has 0 saturated carbocycles. The van der Waals surface area contributed by atoms with E-state index in [0.717, 1.165) is 6.42 Å². The number of hydrogen-bond acceptors (Lipinski definition) is 1. The first-order valence-corrected chi connectivity index (χ1v) is 5.50. The van der Waals surface area contributed by atoms with E-state index in [-0.39, 0.29) is 5.38 Å². The van der Waals surface area contributed by atoms with Crippen LogP contribution in [0.1, 0.15) is 11.3 Å². The zero-order valence-electron chi connectivity index (χ0n) is 6.83. The summed E-state index contributed by atoms with van der Waals surface area (Å²) in [4.78, 5) is 0. The third kappa shape index (κ3) is 1.29. The van der Waals surface area contributed by atoms with Gasteiger partial charge in [-0.3, -0.25) is 3.97 Å². The van der Waals surface area contributed by atoms with Crippen LogP contribution in [-0.2, 0) is 6.42 Å². The average Bonchev–Trinajstić information content (AvgIpc) is 2.46. The van der Waals surface area contributed by atoms with Crippen molar-refractivity contribution < 1.29 is 0 Å². The monoisotopic (exact) mass is 199 g/mol. The number of aromatic nitrogens is 1. The Balaban J connectivity index is 2.42. The Morgan fingerprint density at radius 3 is 3.25 bits per heavy atom. The SMILES string of the molecule is CSn1ccc2c1C=CC(Cl)C2. The normalized spacial score (nSPS) is 21.0. The lowest BCUT2D eigenvalue weighted by molar-refractivity contribution is 0.988. The maximum absolute atomic E-state index is 5.99. The largest absolute Gasteiger partial charge is 0.292 e. The Hall–Kier alpha value is -0.340. The van der Waals surface area contributed by atoms with Crippen LogP contribution in [0.4, 0.5) is 0 Å². The van der Waals surface area contributed by atoms with Crippen LogP contribution < -0.4 is 0 Å². The molecule has 1 unspecified atom stereocenters. The van der Waals surface area contributed by atoms with Gasteiger partial charge in [0.05, 0.1) is 11.1 Å². The van der Waals surface area contributed by atoms with Crippen molar-refractivity contribution in [1.29, 1.82) is 0 Å². The molecule has 1 aliphatic rings. The highest BCUT2D eigenvalue weighted by molar-refractivity contribution is 7.97. The van der Waals surface area contributed by atoms with Crippen LogP contribution >= 0.6 is 23.5 Å². The van der Waals surface area contributed by atoms with E-state index < -0.39 is 0 Å². The van der Waals surface area contributed by atoms with E-state index in [1.165, 1.54) is 11.3 Å². The van der Waals surface area contributed by atoms with Crippen molar-refractivity contribution in [3.05, 3.63) is 29.6 Å². The van der Waals surface area contributed by atoms with Gasteiger partial charge >= 0.3 is 0 Å². The summed E-state index contributed by atoms with van der Waals surface area (Å²) in [5, 5.41) is 0.176. The molecule has 1 heterocycles. The lowest BCUT2D eigenvalue weighted by Crippen LogP contribution is -2.05. The molecular weight excluding hydrogens is 190 g/mol. The molecule has 1 aliphatic carbocycles. The summed E-state index contributed by atoms with van der Waals surface area (Å²) >= 11 is 7.71. The van der Waals surface area contributed by atoms with Crippen LogP contribution in [0.5, 0.6) is 0 Å². The highest BCUT2D eigenvalue weighted by Gasteiger charge is 2.14. The summed E-state index contributed by atoms with van der Waals surface area (Å²) in [5.74, 6) is 0. The molecule has 0 aliphatic heterocycles. The minimum Gasteiger partial charge on any atom is -0.292 e. The predicted molar refractivity (Wildman–Crippen MR) is 55.7 cm³/mol. The van der Waals surface area contributed by atoms with Crippen LogP contribution in [0.2, 0.25) is 0 Å². The molecule has 0 bridgehead atoms. The second-order valence-corrected chi connectivity index (χ2v) is 4.13. The second kappa shape index (κ2) is 3.19. The Labute approximate surface area is 81.5 Å². The highest BCUT2D eigenvalue weighted by atomic mass is 35.5. The fourth-order valence-electron chi connectivity index (χ4n) is 1.45. The number of alkyl halides is 1. The van der Waals surface area contributed by atoms with E-state index in [4.69, 9.17) is 11.6 Å². The lowest BCUT2D eigenvalue weighted by Gasteiger charge is -2.11. The molecule has 12 heavy (non-hydrogen) atoms. The zero-order chi connectivity index (χ0) is 8.55. The highest BCUT2D eigenvalue weighted by Crippen LogP contribution is 2.25. The van der Waals surface area contributed by atoms with Crippen molar-refractivity contribution in [2.45, 2.75) is 11.8 Å². The van der Waals surface area contributed by atoms with Gasteiger partial charge in [0.1, 0.15) is 0 Å². The van der Waals surface area contributed by atoms with Gasteiger partial charge in [-0.15, -0.1) is 11.6 Å². The summed E-state index contributed by atoms with van der Waals surface area (Å²) in [5.41, 5.74) is 2.64. The molecule has 0 amide bonds. The van der Waals surface area contributed by atoms with E-state index in [0.29, 0.717) is 0 Å². The first-order valence-electron chi connectivity index (χ1n) is 3.88. The van der Waals surface area contributed by atoms with E-state index in [9.17, 15) is 0 Å². The minimum atomic E-state index is 0.176. The van der Waals surface area contributed by atoms with Crippen LogP contribution in [0.15, 0.2) is 18.3 Å². The Bertz CT molecular complexity index is 316. The fraction of sp³-hybridized carbons (Fsp3) is 0.333. The maximum Gasteiger partial charge on any atom is 0.0560 e. The summed E-state index contributed by atoms with van der Waals surface area (Å²) < 4.78 is 2.16. The van der Waals surface area contributed by atoms with Crippen LogP contribution in [0.3, 0.4) is 0 Å². The van der Waals surface area contributed by atoms with Gasteiger partial charge in [0.2, 0.25) is 0 Å². The number of nitrogens with zero attached hydrogens (tertiary/aromatic N) is 1. The van der Waals surface area contributed by atoms with Crippen molar-refractivity contribution in [1.82, 2.24) is 3.97 Å². The summed E-state index contributed by atoms with van der Waals surface area (Å²) in [6, 6.07) is 2.14. The van der Waals surface area contributed by atoms with Crippen molar-refractivity contribution >= 4 is 29.6 Å². The molecular formula is C9H10ClNS. The van der Waals surface area contributed by atoms with E-state index in [2.05, 4.69) is 34.6 Å². The lowest BCUT2D eigenvalue weighted by atomic mass is 10.0. The minimum absolute atomic E-state index is 0.176. The number of halogens is 1. The molecule has 0 N–H and O–H groups in total. The summed E-state index contributed by atoms with van der Waals surface area (Å²) in [7, 11) is 0. The molecule has 0 aromatic carbocycles. The summed E-state index contributed by atoms with van der Waals surface area (Å²) in [6.45, 7) is 0. The fourth-order valence-corrected chi connectivity index (χ4v) is 2.25. The molecule has 1 nitrogen and oxygen atoms in total. The van der Waals surface area contributed by atoms with Gasteiger partial charge in [0, 0.05) is 12.5 Å². The topological polar surface area (TPSA) is 4.93 Å². The molecule has 0 fully saturated rings. The molecule has 1 atom stereocenters. The molecule has 0 saturated heterocycles. The molecule has 2 rings (SSSR count). The van der Waals surface area contributed by atoms with E-state index in [1.54, 1.807) is 11.9 Å². The molecule has 0 radical (unpaired) electrons. The molecule has 3 heteroatoms. The number of hydrogen-bond donors (Lipinski definition) is 0. The van der Waals surface area contributed by atoms with Gasteiger partial charge in [0.25, 0.3) is 0 Å². The third-order valence-corrected chi connectivity index (χ3v) is 3.06. The number of rotatable bonds is 1. The third-order valence-electron chi connectivity index (χ3n) is 2.05. The van der Waals surface area contributed by atoms with Crippen molar-refractivity contribution in [3.8, 4) is 0 Å². The van der Waals surface area contributed by atoms with Crippen LogP contribution in [0, 0.1) is 0 Å². The van der Waals surface area contributed by atoms with E-state index in [1.807, 2.05) is 0 Å². The van der Waals surface area contributed by atoms with Gasteiger partial charge in [-0.2, -0.15) is 0 Å². The van der Waals surface area contributed by atoms with Crippen molar-refractivity contribution in [2.24, 2.45) is 0 Å². The smallest absolute Gasteiger partial charge is 0.0560 e. The van der Waals surface area contributed by atoms with E-state index >= 15 is 0 Å². The Morgan fingerprint density at radius 1 is 1.67 bits per heavy atom. The Kier molecular flexibility index (Phi) is 2.20. The van der Waals surface area contributed by atoms with Crippen LogP contribution in [0.25, 0.3) is 6.08 Å². The summed E-state index contributed by atoms with van der Waals surface area (Å²) in [6.07, 6.45) is 9.28. The van der Waals surface area contributed by atoms with Crippen molar-refractivity contribution in [2.75, 3.05) is 6.26 Å². The van der Waals surface area contributed by atoms with Gasteiger partial charge in [-0.1, -0.05) is 6.08 Å². The van der Waals surface area contributed by atoms with Crippen LogP contribution in [-0.4, -0.2) is 15.6 Å². The standard InChI is InChI=1S/C9H10ClNS/c1-12-11-5-4-7-6-8(10)2-3-9(7)11/h2-5,8H,6H2,1H3. The molecule has 1 aromatic heterocycles. The second-order valence-electron chi connectivity index (χ2n) is 2.81. The first-order chi connectivity index (χ1) is 5.81. The number of fused-ring (bicyclic) bond motifs is 1. The molecule has 1 aromatic rings. The van der Waals surface area contributed by atoms with Gasteiger partial charge in [0.15, 0.2) is 0 Å². The maximum atomic E-state index is 5.99. The van der Waals surface area contributed by atoms with Gasteiger partial charge in [-0.25, -0.2) is 0 Å². The van der Waals surface area contributed by atoms with Gasteiger partial charge in [-0.05, 0) is 36.1 Å². The average molecular weight is 200 g/mol. The van der Waals surface area contributed by atoms with Gasteiger partial charge < -0.3 is 0 Å². The first kappa shape index (κ1) is 8.27. The quantitative estimate of drug-likeness (QED) is 0.630. The molecule has 0 spiro atoms. The zero-order valence-corrected chi connectivity index (χ0v) is 8.40. The molecule has 64 valence electrons. The van der Waals surface area contributed by atoms with Crippen molar-refractivity contribution in [3.63, 3.8) is 0 Å². The predicted octanol–water partition coefficient (Wildman–Crippen LogP) is 2.79. The number of allylic oxidation sites excluding steroid dienone is 1. The Morgan fingerprint density at radius 2 is 2.50 bits per heavy atom.